The highest BCUT2D eigenvalue weighted by atomic mass is 16.5. The molecule has 1 aliphatic rings. The first kappa shape index (κ1) is 23.5. The Hall–Kier alpha value is -1.77. The third-order valence-electron chi connectivity index (χ3n) is 6.02. The first-order valence-electron chi connectivity index (χ1n) is 11.9. The number of hydrogen-bond acceptors (Lipinski definition) is 2. The van der Waals surface area contributed by atoms with Crippen LogP contribution in [0.2, 0.25) is 0 Å². The van der Waals surface area contributed by atoms with Gasteiger partial charge in [0, 0.05) is 11.6 Å². The monoisotopic (exact) mass is 400 g/mol. The second-order valence-corrected chi connectivity index (χ2v) is 8.45. The molecule has 0 unspecified atom stereocenters. The van der Waals surface area contributed by atoms with E-state index in [0.29, 0.717) is 12.5 Å². The minimum atomic E-state index is -0.920. The average molecular weight is 401 g/mol. The fraction of sp³-hybridized carbons (Fsp3) is 0.654. The molecule has 0 saturated heterocycles. The molecule has 162 valence electrons. The third-order valence-corrected chi connectivity index (χ3v) is 6.02. The van der Waals surface area contributed by atoms with Crippen LogP contribution in [0.5, 0.6) is 5.75 Å². The van der Waals surface area contributed by atoms with Crippen molar-refractivity contribution in [1.29, 1.82) is 0 Å². The summed E-state index contributed by atoms with van der Waals surface area (Å²) in [6, 6.07) is 6.16. The van der Waals surface area contributed by atoms with Gasteiger partial charge in [-0.25, -0.2) is 4.79 Å². The van der Waals surface area contributed by atoms with E-state index in [2.05, 4.69) is 13.0 Å². The number of hydrogen-bond donors (Lipinski definition) is 1. The van der Waals surface area contributed by atoms with Crippen LogP contribution in [0, 0.1) is 0 Å². The van der Waals surface area contributed by atoms with Crippen molar-refractivity contribution < 1.29 is 14.6 Å². The third kappa shape index (κ3) is 9.06. The Labute approximate surface area is 177 Å². The molecule has 0 bridgehead atoms. The Kier molecular flexibility index (Phi) is 11.6. The van der Waals surface area contributed by atoms with Gasteiger partial charge >= 0.3 is 5.97 Å². The maximum Gasteiger partial charge on any atom is 0.328 e. The van der Waals surface area contributed by atoms with Gasteiger partial charge in [-0.05, 0) is 36.8 Å². The summed E-state index contributed by atoms with van der Waals surface area (Å²) in [5, 5.41) is 9.00. The van der Waals surface area contributed by atoms with Gasteiger partial charge in [-0.1, -0.05) is 95.8 Å². The van der Waals surface area contributed by atoms with E-state index in [9.17, 15) is 4.79 Å². The molecule has 1 aliphatic carbocycles. The van der Waals surface area contributed by atoms with Crippen molar-refractivity contribution in [3.63, 3.8) is 0 Å². The number of rotatable bonds is 15. The molecule has 1 saturated carbocycles. The first-order valence-corrected chi connectivity index (χ1v) is 11.9. The molecule has 2 rings (SSSR count). The zero-order valence-corrected chi connectivity index (χ0v) is 18.3. The minimum absolute atomic E-state index is 0.552. The van der Waals surface area contributed by atoms with Crippen molar-refractivity contribution >= 4 is 12.0 Å². The van der Waals surface area contributed by atoms with Crippen molar-refractivity contribution in [2.45, 2.75) is 103 Å². The highest BCUT2D eigenvalue weighted by Gasteiger charge is 2.22. The summed E-state index contributed by atoms with van der Waals surface area (Å²) in [4.78, 5) is 11.0. The summed E-state index contributed by atoms with van der Waals surface area (Å²) < 4.78 is 6.24. The molecule has 0 heterocycles. The van der Waals surface area contributed by atoms with Crippen LogP contribution in [0.3, 0.4) is 0 Å². The van der Waals surface area contributed by atoms with Crippen LogP contribution in [0.1, 0.15) is 114 Å². The van der Waals surface area contributed by atoms with Crippen molar-refractivity contribution in [1.82, 2.24) is 0 Å². The quantitative estimate of drug-likeness (QED) is 0.242. The lowest BCUT2D eigenvalue weighted by atomic mass is 9.94. The summed E-state index contributed by atoms with van der Waals surface area (Å²) in [5.41, 5.74) is 2.16. The Balaban J connectivity index is 1.78. The fourth-order valence-corrected chi connectivity index (χ4v) is 4.35. The molecule has 0 amide bonds. The summed E-state index contributed by atoms with van der Waals surface area (Å²) in [6.45, 7) is 2.98. The smallest absolute Gasteiger partial charge is 0.328 e. The Bertz CT molecular complexity index is 614. The van der Waals surface area contributed by atoms with Gasteiger partial charge in [-0.15, -0.1) is 0 Å². The summed E-state index contributed by atoms with van der Waals surface area (Å²) in [7, 11) is 0. The van der Waals surface area contributed by atoms with Gasteiger partial charge in [-0.3, -0.25) is 0 Å². The number of carboxylic acids is 1. The lowest BCUT2D eigenvalue weighted by Gasteiger charge is -2.18. The van der Waals surface area contributed by atoms with E-state index in [1.54, 1.807) is 6.08 Å². The maximum absolute atomic E-state index is 11.0. The molecule has 1 aromatic carbocycles. The normalized spacial score (nSPS) is 14.7. The van der Waals surface area contributed by atoms with Gasteiger partial charge in [-0.2, -0.15) is 0 Å². The van der Waals surface area contributed by atoms with Crippen LogP contribution in [-0.2, 0) is 4.79 Å². The van der Waals surface area contributed by atoms with E-state index in [-0.39, 0.29) is 0 Å². The van der Waals surface area contributed by atoms with Crippen molar-refractivity contribution in [2.24, 2.45) is 0 Å². The van der Waals surface area contributed by atoms with Gasteiger partial charge in [0.15, 0.2) is 0 Å². The predicted octanol–water partition coefficient (Wildman–Crippen LogP) is 7.74. The Morgan fingerprint density at radius 3 is 2.24 bits per heavy atom. The molecule has 0 aliphatic heterocycles. The van der Waals surface area contributed by atoms with Crippen LogP contribution in [0.25, 0.3) is 6.08 Å². The minimum Gasteiger partial charge on any atom is -0.493 e. The zero-order chi connectivity index (χ0) is 20.7. The topological polar surface area (TPSA) is 46.5 Å². The highest BCUT2D eigenvalue weighted by molar-refractivity contribution is 5.86. The number of unbranched alkanes of at least 4 members (excludes halogenated alkanes) is 9. The molecule has 0 radical (unpaired) electrons. The average Bonchev–Trinajstić information content (AvgIpc) is 3.25. The molecule has 1 N–H and O–H groups in total. The van der Waals surface area contributed by atoms with E-state index >= 15 is 0 Å². The lowest BCUT2D eigenvalue weighted by Crippen LogP contribution is -2.04. The molecule has 3 heteroatoms. The molecule has 0 spiro atoms. The predicted molar refractivity (Wildman–Crippen MR) is 122 cm³/mol. The molecule has 1 aromatic rings. The van der Waals surface area contributed by atoms with Crippen LogP contribution in [0.15, 0.2) is 24.3 Å². The van der Waals surface area contributed by atoms with Crippen LogP contribution >= 0.6 is 0 Å². The zero-order valence-electron chi connectivity index (χ0n) is 18.3. The summed E-state index contributed by atoms with van der Waals surface area (Å²) in [6.07, 6.45) is 21.0. The SMILES string of the molecule is CCCCCCCCCCCCOc1c(C=CC(=O)O)cccc1C1CCCC1. The fourth-order valence-electron chi connectivity index (χ4n) is 4.35. The molecule has 1 fully saturated rings. The van der Waals surface area contributed by atoms with E-state index in [4.69, 9.17) is 9.84 Å². The standard InChI is InChI=1S/C26H40O3/c1-2-3-4-5-6-7-8-9-10-13-21-29-26-23(19-20-25(27)28)17-14-18-24(26)22-15-11-12-16-22/h14,17-20,22H,2-13,15-16,21H2,1H3,(H,27,28). The molecular weight excluding hydrogens is 360 g/mol. The van der Waals surface area contributed by atoms with Crippen LogP contribution in [-0.4, -0.2) is 17.7 Å². The summed E-state index contributed by atoms with van der Waals surface area (Å²) in [5.74, 6) is 0.542. The second kappa shape index (κ2) is 14.3. The lowest BCUT2D eigenvalue weighted by molar-refractivity contribution is -0.131. The molecule has 0 atom stereocenters. The van der Waals surface area contributed by atoms with Crippen molar-refractivity contribution in [3.05, 3.63) is 35.4 Å². The van der Waals surface area contributed by atoms with Crippen LogP contribution < -0.4 is 4.74 Å². The summed E-state index contributed by atoms with van der Waals surface area (Å²) >= 11 is 0. The number of ether oxygens (including phenoxy) is 1. The molecular formula is C26H40O3. The molecule has 0 aromatic heterocycles. The van der Waals surface area contributed by atoms with Crippen molar-refractivity contribution in [3.8, 4) is 5.75 Å². The van der Waals surface area contributed by atoms with Gasteiger partial charge < -0.3 is 9.84 Å². The van der Waals surface area contributed by atoms with Crippen molar-refractivity contribution in [2.75, 3.05) is 6.61 Å². The van der Waals surface area contributed by atoms with Gasteiger partial charge in [0.1, 0.15) is 5.75 Å². The van der Waals surface area contributed by atoms with E-state index < -0.39 is 5.97 Å². The number of benzene rings is 1. The largest absolute Gasteiger partial charge is 0.493 e. The van der Waals surface area contributed by atoms with E-state index in [1.165, 1.54) is 95.1 Å². The van der Waals surface area contributed by atoms with E-state index in [1.807, 2.05) is 12.1 Å². The van der Waals surface area contributed by atoms with Crippen LogP contribution in [0.4, 0.5) is 0 Å². The molecule has 3 nitrogen and oxygen atoms in total. The van der Waals surface area contributed by atoms with Gasteiger partial charge in [0.05, 0.1) is 6.61 Å². The maximum atomic E-state index is 11.0. The van der Waals surface area contributed by atoms with E-state index in [0.717, 1.165) is 17.7 Å². The highest BCUT2D eigenvalue weighted by Crippen LogP contribution is 2.40. The van der Waals surface area contributed by atoms with Gasteiger partial charge in [0.25, 0.3) is 0 Å². The van der Waals surface area contributed by atoms with Gasteiger partial charge in [0.2, 0.25) is 0 Å². The molecule has 29 heavy (non-hydrogen) atoms. The number of aliphatic carboxylic acids is 1. The second-order valence-electron chi connectivity index (χ2n) is 8.45. The number of para-hydroxylation sites is 1. The first-order chi connectivity index (χ1) is 14.2. The number of carboxylic acid groups (broad SMARTS) is 1. The number of carbonyl (C=O) groups is 1. The Morgan fingerprint density at radius 1 is 1.00 bits per heavy atom. The Morgan fingerprint density at radius 2 is 1.62 bits per heavy atom.